The average Bonchev–Trinajstić information content (AvgIpc) is 2.28. The van der Waals surface area contributed by atoms with Crippen molar-refractivity contribution in [2.45, 2.75) is 32.8 Å². The topological polar surface area (TPSA) is 66.8 Å². The second-order valence-electron chi connectivity index (χ2n) is 4.13. The van der Waals surface area contributed by atoms with Crippen LogP contribution in [0.1, 0.15) is 43.9 Å². The Morgan fingerprint density at radius 3 is 2.53 bits per heavy atom. The predicted octanol–water partition coefficient (Wildman–Crippen LogP) is 2.11. The van der Waals surface area contributed by atoms with Crippen molar-refractivity contribution in [1.29, 1.82) is 0 Å². The molecule has 1 unspecified atom stereocenters. The van der Waals surface area contributed by atoms with Crippen LogP contribution in [0, 0.1) is 0 Å². The summed E-state index contributed by atoms with van der Waals surface area (Å²) in [5, 5.41) is 19.5. The van der Waals surface area contributed by atoms with Crippen LogP contribution in [0.5, 0.6) is 5.75 Å². The molecule has 0 saturated carbocycles. The van der Waals surface area contributed by atoms with Gasteiger partial charge in [0.1, 0.15) is 5.75 Å². The van der Waals surface area contributed by atoms with E-state index < -0.39 is 12.1 Å². The van der Waals surface area contributed by atoms with Gasteiger partial charge < -0.3 is 14.9 Å². The Morgan fingerprint density at radius 1 is 1.41 bits per heavy atom. The maximum atomic E-state index is 11.3. The summed E-state index contributed by atoms with van der Waals surface area (Å²) < 4.78 is 4.69. The van der Waals surface area contributed by atoms with Crippen molar-refractivity contribution in [2.75, 3.05) is 6.61 Å². The lowest BCUT2D eigenvalue weighted by Crippen LogP contribution is -2.15. The number of phenolic OH excluding ortho intramolecular Hbond substituents is 1. The van der Waals surface area contributed by atoms with E-state index in [1.165, 1.54) is 0 Å². The van der Waals surface area contributed by atoms with Crippen LogP contribution < -0.4 is 0 Å². The number of hydrogen-bond acceptors (Lipinski definition) is 4. The minimum absolute atomic E-state index is 0.0863. The first kappa shape index (κ1) is 13.5. The van der Waals surface area contributed by atoms with E-state index >= 15 is 0 Å². The second-order valence-corrected chi connectivity index (χ2v) is 4.13. The van der Waals surface area contributed by atoms with Gasteiger partial charge in [0, 0.05) is 5.56 Å². The van der Waals surface area contributed by atoms with Crippen LogP contribution in [-0.2, 0) is 9.53 Å². The molecule has 1 atom stereocenters. The van der Waals surface area contributed by atoms with Crippen LogP contribution in [0.2, 0.25) is 0 Å². The Morgan fingerprint density at radius 2 is 2.06 bits per heavy atom. The van der Waals surface area contributed by atoms with Crippen molar-refractivity contribution >= 4 is 5.97 Å². The highest BCUT2D eigenvalue weighted by Crippen LogP contribution is 2.28. The summed E-state index contributed by atoms with van der Waals surface area (Å²) in [5.41, 5.74) is 1.12. The quantitative estimate of drug-likeness (QED) is 0.788. The minimum Gasteiger partial charge on any atom is -0.508 e. The Labute approximate surface area is 101 Å². The molecule has 2 N–H and O–H groups in total. The zero-order chi connectivity index (χ0) is 13.0. The molecular weight excluding hydrogens is 220 g/mol. The molecule has 0 aliphatic rings. The third kappa shape index (κ3) is 3.20. The number of esters is 1. The molecule has 0 spiro atoms. The lowest BCUT2D eigenvalue weighted by Gasteiger charge is -2.13. The van der Waals surface area contributed by atoms with E-state index in [1.807, 2.05) is 13.8 Å². The number of carbonyl (C=O) groups is 1. The van der Waals surface area contributed by atoms with Crippen LogP contribution in [0.4, 0.5) is 0 Å². The molecule has 0 heterocycles. The lowest BCUT2D eigenvalue weighted by atomic mass is 9.99. The molecule has 0 aromatic heterocycles. The summed E-state index contributed by atoms with van der Waals surface area (Å²) in [6.07, 6.45) is -1.43. The molecule has 4 nitrogen and oxygen atoms in total. The van der Waals surface area contributed by atoms with Gasteiger partial charge in [0.2, 0.25) is 0 Å². The van der Waals surface area contributed by atoms with Gasteiger partial charge in [-0.1, -0.05) is 26.0 Å². The van der Waals surface area contributed by atoms with Gasteiger partial charge in [0.15, 0.2) is 6.10 Å². The Bertz CT molecular complexity index is 398. The van der Waals surface area contributed by atoms with Gasteiger partial charge in [-0.2, -0.15) is 0 Å². The average molecular weight is 238 g/mol. The molecule has 0 fully saturated rings. The molecule has 94 valence electrons. The van der Waals surface area contributed by atoms with E-state index in [2.05, 4.69) is 0 Å². The number of ether oxygens (including phenoxy) is 1. The maximum Gasteiger partial charge on any atom is 0.339 e. The third-order valence-corrected chi connectivity index (χ3v) is 2.53. The van der Waals surface area contributed by atoms with E-state index in [0.29, 0.717) is 0 Å². The van der Waals surface area contributed by atoms with Crippen molar-refractivity contribution in [2.24, 2.45) is 0 Å². The molecule has 0 aliphatic heterocycles. The molecule has 0 radical (unpaired) electrons. The van der Waals surface area contributed by atoms with E-state index in [4.69, 9.17) is 4.74 Å². The first-order valence-corrected chi connectivity index (χ1v) is 5.64. The number of hydrogen-bond donors (Lipinski definition) is 2. The number of rotatable bonds is 4. The summed E-state index contributed by atoms with van der Waals surface area (Å²) in [6, 6.07) is 4.89. The number of carbonyl (C=O) groups excluding carboxylic acids is 1. The number of benzene rings is 1. The zero-order valence-corrected chi connectivity index (χ0v) is 10.3. The first-order valence-electron chi connectivity index (χ1n) is 5.64. The van der Waals surface area contributed by atoms with Crippen LogP contribution in [-0.4, -0.2) is 22.8 Å². The molecule has 1 aromatic rings. The molecule has 17 heavy (non-hydrogen) atoms. The Balaban J connectivity index is 2.95. The molecule has 0 bridgehead atoms. The van der Waals surface area contributed by atoms with Crippen molar-refractivity contribution in [1.82, 2.24) is 0 Å². The number of aromatic hydroxyl groups is 1. The van der Waals surface area contributed by atoms with Crippen molar-refractivity contribution in [3.05, 3.63) is 29.3 Å². The molecule has 1 aromatic carbocycles. The summed E-state index contributed by atoms with van der Waals surface area (Å²) >= 11 is 0. The fourth-order valence-electron chi connectivity index (χ4n) is 1.50. The minimum atomic E-state index is -1.43. The van der Waals surface area contributed by atoms with Gasteiger partial charge in [-0.3, -0.25) is 0 Å². The first-order chi connectivity index (χ1) is 7.97. The zero-order valence-electron chi connectivity index (χ0n) is 10.3. The third-order valence-electron chi connectivity index (χ3n) is 2.53. The van der Waals surface area contributed by atoms with Crippen molar-refractivity contribution < 1.29 is 19.7 Å². The van der Waals surface area contributed by atoms with Gasteiger partial charge in [-0.25, -0.2) is 4.79 Å². The molecule has 0 aliphatic carbocycles. The lowest BCUT2D eigenvalue weighted by molar-refractivity contribution is -0.153. The normalized spacial score (nSPS) is 12.5. The standard InChI is InChI=1S/C13H18O4/c1-4-17-13(16)12(15)10-6-5-9(8(2)3)7-11(10)14/h5-8,12,14-15H,4H2,1-3H3. The highest BCUT2D eigenvalue weighted by molar-refractivity contribution is 5.77. The number of aliphatic hydroxyl groups excluding tert-OH is 1. The highest BCUT2D eigenvalue weighted by atomic mass is 16.5. The van der Waals surface area contributed by atoms with Gasteiger partial charge in [-0.05, 0) is 24.5 Å². The highest BCUT2D eigenvalue weighted by Gasteiger charge is 2.22. The molecule has 0 saturated heterocycles. The molecule has 4 heteroatoms. The van der Waals surface area contributed by atoms with Gasteiger partial charge in [0.25, 0.3) is 0 Å². The monoisotopic (exact) mass is 238 g/mol. The molecular formula is C13H18O4. The smallest absolute Gasteiger partial charge is 0.339 e. The predicted molar refractivity (Wildman–Crippen MR) is 63.8 cm³/mol. The maximum absolute atomic E-state index is 11.3. The second kappa shape index (κ2) is 5.68. The van der Waals surface area contributed by atoms with Crippen LogP contribution in [0.3, 0.4) is 0 Å². The molecule has 1 rings (SSSR count). The van der Waals surface area contributed by atoms with Crippen LogP contribution in [0.25, 0.3) is 0 Å². The van der Waals surface area contributed by atoms with Gasteiger partial charge in [0.05, 0.1) is 6.61 Å². The van der Waals surface area contributed by atoms with E-state index in [0.717, 1.165) is 5.56 Å². The summed E-state index contributed by atoms with van der Waals surface area (Å²) in [5.74, 6) is -0.563. The van der Waals surface area contributed by atoms with Gasteiger partial charge >= 0.3 is 5.97 Å². The SMILES string of the molecule is CCOC(=O)C(O)c1ccc(C(C)C)cc1O. The van der Waals surface area contributed by atoms with E-state index in [9.17, 15) is 15.0 Å². The van der Waals surface area contributed by atoms with Gasteiger partial charge in [-0.15, -0.1) is 0 Å². The number of aliphatic hydroxyl groups is 1. The summed E-state index contributed by atoms with van der Waals surface area (Å²) in [7, 11) is 0. The fraction of sp³-hybridized carbons (Fsp3) is 0.462. The van der Waals surface area contributed by atoms with Crippen molar-refractivity contribution in [3.8, 4) is 5.75 Å². The van der Waals surface area contributed by atoms with E-state index in [-0.39, 0.29) is 23.8 Å². The Kier molecular flexibility index (Phi) is 4.52. The number of phenols is 1. The van der Waals surface area contributed by atoms with Crippen LogP contribution in [0.15, 0.2) is 18.2 Å². The largest absolute Gasteiger partial charge is 0.508 e. The van der Waals surface area contributed by atoms with Crippen molar-refractivity contribution in [3.63, 3.8) is 0 Å². The Hall–Kier alpha value is -1.55. The molecule has 0 amide bonds. The summed E-state index contributed by atoms with van der Waals surface area (Å²) in [6.45, 7) is 5.85. The van der Waals surface area contributed by atoms with Crippen LogP contribution >= 0.6 is 0 Å². The summed E-state index contributed by atoms with van der Waals surface area (Å²) in [4.78, 5) is 11.3. The fourth-order valence-corrected chi connectivity index (χ4v) is 1.50. The van der Waals surface area contributed by atoms with E-state index in [1.54, 1.807) is 25.1 Å².